The molecular formula is C19H14O4. The first kappa shape index (κ1) is 13.9. The third-order valence-corrected chi connectivity index (χ3v) is 4.83. The lowest BCUT2D eigenvalue weighted by Gasteiger charge is -2.30. The second-order valence-corrected chi connectivity index (χ2v) is 6.37. The van der Waals surface area contributed by atoms with E-state index >= 15 is 0 Å². The van der Waals surface area contributed by atoms with Gasteiger partial charge in [0.15, 0.2) is 0 Å². The summed E-state index contributed by atoms with van der Waals surface area (Å²) < 4.78 is 5.53. The van der Waals surface area contributed by atoms with Crippen molar-refractivity contribution in [2.45, 2.75) is 25.7 Å². The Morgan fingerprint density at radius 3 is 2.65 bits per heavy atom. The summed E-state index contributed by atoms with van der Waals surface area (Å²) in [5.74, 6) is -0.635. The van der Waals surface area contributed by atoms with Crippen LogP contribution in [-0.2, 0) is 10.2 Å². The first-order valence-corrected chi connectivity index (χ1v) is 7.46. The number of Topliss-reactive ketones (excluding diaryl/α,β-unsaturated/α-hetero) is 2. The van der Waals surface area contributed by atoms with Crippen molar-refractivity contribution in [3.63, 3.8) is 0 Å². The lowest BCUT2D eigenvalue weighted by Crippen LogP contribution is -2.29. The highest BCUT2D eigenvalue weighted by Gasteiger charge is 2.39. The van der Waals surface area contributed by atoms with E-state index in [1.807, 2.05) is 25.1 Å². The van der Waals surface area contributed by atoms with Gasteiger partial charge in [-0.1, -0.05) is 24.3 Å². The Morgan fingerprint density at radius 1 is 1.17 bits per heavy atom. The molecule has 0 spiro atoms. The van der Waals surface area contributed by atoms with Crippen LogP contribution in [-0.4, -0.2) is 17.9 Å². The minimum atomic E-state index is -0.679. The van der Waals surface area contributed by atoms with Crippen LogP contribution in [0.5, 0.6) is 0 Å². The van der Waals surface area contributed by atoms with E-state index in [0.717, 1.165) is 11.8 Å². The van der Waals surface area contributed by atoms with Crippen LogP contribution in [0, 0.1) is 6.92 Å². The van der Waals surface area contributed by atoms with Crippen LogP contribution in [0.3, 0.4) is 0 Å². The van der Waals surface area contributed by atoms with Crippen LogP contribution < -0.4 is 0 Å². The summed E-state index contributed by atoms with van der Waals surface area (Å²) in [4.78, 5) is 36.7. The predicted octanol–water partition coefficient (Wildman–Crippen LogP) is 3.51. The highest BCUT2D eigenvalue weighted by Crippen LogP contribution is 2.43. The number of ketones is 2. The second-order valence-electron chi connectivity index (χ2n) is 6.37. The van der Waals surface area contributed by atoms with Gasteiger partial charge in [0.2, 0.25) is 11.6 Å². The molecule has 1 aromatic heterocycles. The Bertz CT molecular complexity index is 929. The predicted molar refractivity (Wildman–Crippen MR) is 84.6 cm³/mol. The number of furan rings is 1. The Balaban J connectivity index is 2.09. The summed E-state index contributed by atoms with van der Waals surface area (Å²) in [5, 5.41) is 0. The zero-order chi connectivity index (χ0) is 16.4. The molecule has 2 aromatic rings. The molecule has 0 radical (unpaired) electrons. The van der Waals surface area contributed by atoms with Crippen molar-refractivity contribution in [1.82, 2.24) is 0 Å². The molecule has 23 heavy (non-hydrogen) atoms. The topological polar surface area (TPSA) is 64.3 Å². The lowest BCUT2D eigenvalue weighted by atomic mass is 9.71. The van der Waals surface area contributed by atoms with Crippen molar-refractivity contribution in [3.8, 4) is 11.3 Å². The van der Waals surface area contributed by atoms with Crippen LogP contribution in [0.15, 0.2) is 28.9 Å². The number of hydrogen-bond donors (Lipinski definition) is 0. The SMILES string of the molecule is Cc1coc2c1C(=O)C(=O)c1c-2ccc2c1C=CCC2(C)C=O. The van der Waals surface area contributed by atoms with Crippen molar-refractivity contribution in [3.05, 3.63) is 52.3 Å². The molecule has 0 saturated carbocycles. The Kier molecular flexibility index (Phi) is 2.64. The highest BCUT2D eigenvalue weighted by molar-refractivity contribution is 6.53. The smallest absolute Gasteiger partial charge is 0.237 e. The van der Waals surface area contributed by atoms with Crippen molar-refractivity contribution in [2.75, 3.05) is 0 Å². The van der Waals surface area contributed by atoms with Crippen LogP contribution >= 0.6 is 0 Å². The summed E-state index contributed by atoms with van der Waals surface area (Å²) >= 11 is 0. The Morgan fingerprint density at radius 2 is 1.91 bits per heavy atom. The van der Waals surface area contributed by atoms with Gasteiger partial charge in [0, 0.05) is 11.1 Å². The Hall–Kier alpha value is -2.75. The molecule has 1 heterocycles. The summed E-state index contributed by atoms with van der Waals surface area (Å²) in [6.45, 7) is 3.59. The molecule has 114 valence electrons. The van der Waals surface area contributed by atoms with E-state index < -0.39 is 17.0 Å². The third-order valence-electron chi connectivity index (χ3n) is 4.83. The number of fused-ring (bicyclic) bond motifs is 5. The summed E-state index contributed by atoms with van der Waals surface area (Å²) in [6.07, 6.45) is 6.67. The molecule has 0 aliphatic heterocycles. The van der Waals surface area contributed by atoms with Crippen LogP contribution in [0.2, 0.25) is 0 Å². The molecule has 0 saturated heterocycles. The molecule has 0 fully saturated rings. The molecule has 2 aliphatic rings. The fourth-order valence-corrected chi connectivity index (χ4v) is 3.52. The maximum absolute atomic E-state index is 12.7. The number of rotatable bonds is 1. The van der Waals surface area contributed by atoms with Crippen LogP contribution in [0.4, 0.5) is 0 Å². The zero-order valence-corrected chi connectivity index (χ0v) is 12.8. The average Bonchev–Trinajstić information content (AvgIpc) is 2.94. The zero-order valence-electron chi connectivity index (χ0n) is 12.8. The third kappa shape index (κ3) is 1.63. The maximum atomic E-state index is 12.7. The molecule has 4 rings (SSSR count). The van der Waals surface area contributed by atoms with Gasteiger partial charge in [-0.3, -0.25) is 9.59 Å². The number of hydrogen-bond acceptors (Lipinski definition) is 4. The van der Waals surface area contributed by atoms with E-state index in [4.69, 9.17) is 4.42 Å². The van der Waals surface area contributed by atoms with E-state index in [-0.39, 0.29) is 0 Å². The molecule has 1 aromatic carbocycles. The summed E-state index contributed by atoms with van der Waals surface area (Å²) in [7, 11) is 0. The standard InChI is InChI=1S/C19H14O4/c1-10-8-23-18-12-5-6-13-11(4-3-7-19(13,2)9-20)15(12)17(22)16(21)14(10)18/h3-6,8-9H,7H2,1-2H3. The van der Waals surface area contributed by atoms with Crippen molar-refractivity contribution < 1.29 is 18.8 Å². The molecule has 1 atom stereocenters. The van der Waals surface area contributed by atoms with Crippen molar-refractivity contribution >= 4 is 23.9 Å². The summed E-state index contributed by atoms with van der Waals surface area (Å²) in [6, 6.07) is 3.64. The largest absolute Gasteiger partial charge is 0.463 e. The summed E-state index contributed by atoms with van der Waals surface area (Å²) in [5.41, 5.74) is 2.73. The fraction of sp³-hybridized carbons (Fsp3) is 0.211. The monoisotopic (exact) mass is 306 g/mol. The molecule has 0 N–H and O–H groups in total. The van der Waals surface area contributed by atoms with Crippen LogP contribution in [0.25, 0.3) is 17.4 Å². The van der Waals surface area contributed by atoms with Gasteiger partial charge in [0.05, 0.1) is 17.2 Å². The number of carbonyl (C=O) groups is 3. The molecule has 0 bridgehead atoms. The number of benzene rings is 1. The first-order valence-electron chi connectivity index (χ1n) is 7.46. The van der Waals surface area contributed by atoms with Gasteiger partial charge in [-0.05, 0) is 37.0 Å². The first-order chi connectivity index (χ1) is 11.0. The van der Waals surface area contributed by atoms with Crippen molar-refractivity contribution in [1.29, 1.82) is 0 Å². The van der Waals surface area contributed by atoms with Gasteiger partial charge in [-0.15, -0.1) is 0 Å². The second kappa shape index (κ2) is 4.38. The highest BCUT2D eigenvalue weighted by atomic mass is 16.3. The van der Waals surface area contributed by atoms with E-state index in [9.17, 15) is 14.4 Å². The average molecular weight is 306 g/mol. The van der Waals surface area contributed by atoms with Gasteiger partial charge >= 0.3 is 0 Å². The maximum Gasteiger partial charge on any atom is 0.237 e. The lowest BCUT2D eigenvalue weighted by molar-refractivity contribution is -0.112. The van der Waals surface area contributed by atoms with Gasteiger partial charge in [-0.25, -0.2) is 0 Å². The molecule has 0 amide bonds. The molecular weight excluding hydrogens is 292 g/mol. The Labute approximate surface area is 132 Å². The minimum Gasteiger partial charge on any atom is -0.463 e. The van der Waals surface area contributed by atoms with E-state index in [1.165, 1.54) is 6.26 Å². The number of allylic oxidation sites excluding steroid dienone is 1. The molecule has 4 heteroatoms. The fourth-order valence-electron chi connectivity index (χ4n) is 3.52. The van der Waals surface area contributed by atoms with E-state index in [1.54, 1.807) is 13.0 Å². The normalized spacial score (nSPS) is 21.7. The van der Waals surface area contributed by atoms with Gasteiger partial charge < -0.3 is 9.21 Å². The van der Waals surface area contributed by atoms with Gasteiger partial charge in [0.1, 0.15) is 12.0 Å². The van der Waals surface area contributed by atoms with Crippen LogP contribution in [0.1, 0.15) is 50.8 Å². The number of aryl methyl sites for hydroxylation is 1. The van der Waals surface area contributed by atoms with E-state index in [2.05, 4.69) is 0 Å². The molecule has 4 nitrogen and oxygen atoms in total. The minimum absolute atomic E-state index is 0.346. The van der Waals surface area contributed by atoms with Gasteiger partial charge in [-0.2, -0.15) is 0 Å². The van der Waals surface area contributed by atoms with Gasteiger partial charge in [0.25, 0.3) is 0 Å². The molecule has 1 unspecified atom stereocenters. The molecule has 2 aliphatic carbocycles. The number of aldehydes is 1. The van der Waals surface area contributed by atoms with Crippen molar-refractivity contribution in [2.24, 2.45) is 0 Å². The van der Waals surface area contributed by atoms with E-state index in [0.29, 0.717) is 40.0 Å². The number of carbonyl (C=O) groups excluding carboxylic acids is 3. The quantitative estimate of drug-likeness (QED) is 0.597.